The summed E-state index contributed by atoms with van der Waals surface area (Å²) in [7, 11) is -1.87. The summed E-state index contributed by atoms with van der Waals surface area (Å²) in [5.41, 5.74) is 5.89. The van der Waals surface area contributed by atoms with Crippen LogP contribution in [0.2, 0.25) is 0 Å². The molecule has 1 saturated heterocycles. The number of hydrogen-bond acceptors (Lipinski definition) is 4. The molecule has 0 spiro atoms. The SMILES string of the molecule is CC1CCCN(S(=O)(=O)c2cc(C(=O)NC3(CN)CCCC3)n(C)c2)C1.Cl. The second-order valence-electron chi connectivity index (χ2n) is 7.93. The molecule has 1 aromatic heterocycles. The maximum Gasteiger partial charge on any atom is 0.268 e. The summed E-state index contributed by atoms with van der Waals surface area (Å²) in [6.45, 7) is 3.55. The summed E-state index contributed by atoms with van der Waals surface area (Å²) in [6, 6.07) is 1.49. The van der Waals surface area contributed by atoms with Gasteiger partial charge in [-0.15, -0.1) is 12.4 Å². The average molecular weight is 419 g/mol. The Balaban J connectivity index is 0.00000261. The second kappa shape index (κ2) is 8.51. The van der Waals surface area contributed by atoms with E-state index in [0.29, 0.717) is 31.2 Å². The number of piperidine rings is 1. The zero-order valence-corrected chi connectivity index (χ0v) is 17.7. The maximum atomic E-state index is 12.9. The van der Waals surface area contributed by atoms with Gasteiger partial charge < -0.3 is 15.6 Å². The molecule has 3 rings (SSSR count). The molecule has 1 unspecified atom stereocenters. The number of rotatable bonds is 5. The van der Waals surface area contributed by atoms with Crippen LogP contribution in [0.25, 0.3) is 0 Å². The van der Waals surface area contributed by atoms with Gasteiger partial charge in [0.1, 0.15) is 10.6 Å². The Morgan fingerprint density at radius 3 is 2.59 bits per heavy atom. The van der Waals surface area contributed by atoms with E-state index in [4.69, 9.17) is 5.73 Å². The summed E-state index contributed by atoms with van der Waals surface area (Å²) in [4.78, 5) is 12.9. The molecule has 0 bridgehead atoms. The summed E-state index contributed by atoms with van der Waals surface area (Å²) in [5.74, 6) is 0.102. The van der Waals surface area contributed by atoms with Crippen LogP contribution in [0.15, 0.2) is 17.2 Å². The molecule has 2 aliphatic rings. The highest BCUT2D eigenvalue weighted by atomic mass is 35.5. The van der Waals surface area contributed by atoms with E-state index in [0.717, 1.165) is 38.5 Å². The number of aryl methyl sites for hydroxylation is 1. The number of nitrogens with zero attached hydrogens (tertiary/aromatic N) is 2. The maximum absolute atomic E-state index is 12.9. The first kappa shape index (κ1) is 22.2. The largest absolute Gasteiger partial charge is 0.345 e. The van der Waals surface area contributed by atoms with Crippen molar-refractivity contribution in [3.8, 4) is 0 Å². The molecule has 1 saturated carbocycles. The van der Waals surface area contributed by atoms with E-state index in [1.54, 1.807) is 11.6 Å². The Morgan fingerprint density at radius 2 is 2.00 bits per heavy atom. The molecule has 27 heavy (non-hydrogen) atoms. The molecule has 1 aliphatic carbocycles. The Morgan fingerprint density at radius 1 is 1.33 bits per heavy atom. The fraction of sp³-hybridized carbons (Fsp3) is 0.722. The molecule has 154 valence electrons. The Kier molecular flexibility index (Phi) is 7.00. The topological polar surface area (TPSA) is 97.4 Å². The van der Waals surface area contributed by atoms with Crippen molar-refractivity contribution in [1.82, 2.24) is 14.2 Å². The highest BCUT2D eigenvalue weighted by Gasteiger charge is 2.35. The van der Waals surface area contributed by atoms with Crippen LogP contribution in [0.3, 0.4) is 0 Å². The number of nitrogens with two attached hydrogens (primary N) is 1. The number of halogens is 1. The van der Waals surface area contributed by atoms with Crippen molar-refractivity contribution in [2.45, 2.75) is 55.9 Å². The lowest BCUT2D eigenvalue weighted by molar-refractivity contribution is 0.0894. The summed E-state index contributed by atoms with van der Waals surface area (Å²) < 4.78 is 29.0. The van der Waals surface area contributed by atoms with Crippen LogP contribution in [0.4, 0.5) is 0 Å². The predicted octanol–water partition coefficient (Wildman–Crippen LogP) is 1.87. The molecule has 2 fully saturated rings. The zero-order valence-electron chi connectivity index (χ0n) is 16.1. The lowest BCUT2D eigenvalue weighted by Crippen LogP contribution is -2.51. The minimum atomic E-state index is -3.57. The van der Waals surface area contributed by atoms with Gasteiger partial charge in [0.05, 0.1) is 5.54 Å². The standard InChI is InChI=1S/C18H30N4O3S.ClH/c1-14-6-5-9-22(11-14)26(24,25)15-10-16(21(2)12-15)17(23)20-18(13-19)7-3-4-8-18;/h10,12,14H,3-9,11,13,19H2,1-2H3,(H,20,23);1H. The van der Waals surface area contributed by atoms with Crippen LogP contribution in [0, 0.1) is 5.92 Å². The molecule has 1 atom stereocenters. The van der Waals surface area contributed by atoms with Crippen molar-refractivity contribution in [3.05, 3.63) is 18.0 Å². The molecule has 2 heterocycles. The van der Waals surface area contributed by atoms with Gasteiger partial charge in [0.2, 0.25) is 10.0 Å². The van der Waals surface area contributed by atoms with Crippen molar-refractivity contribution in [2.24, 2.45) is 18.7 Å². The number of amides is 1. The van der Waals surface area contributed by atoms with Crippen molar-refractivity contribution >= 4 is 28.3 Å². The van der Waals surface area contributed by atoms with Gasteiger partial charge in [-0.3, -0.25) is 4.79 Å². The Bertz CT molecular complexity index is 772. The van der Waals surface area contributed by atoms with E-state index in [1.165, 1.54) is 16.6 Å². The van der Waals surface area contributed by atoms with Gasteiger partial charge in [0.15, 0.2) is 0 Å². The van der Waals surface area contributed by atoms with Gasteiger partial charge in [-0.05, 0) is 37.7 Å². The fourth-order valence-electron chi connectivity index (χ4n) is 4.15. The molecule has 3 N–H and O–H groups in total. The van der Waals surface area contributed by atoms with E-state index in [9.17, 15) is 13.2 Å². The van der Waals surface area contributed by atoms with Crippen LogP contribution >= 0.6 is 12.4 Å². The predicted molar refractivity (Wildman–Crippen MR) is 108 cm³/mol. The van der Waals surface area contributed by atoms with E-state index in [-0.39, 0.29) is 28.7 Å². The second-order valence-corrected chi connectivity index (χ2v) is 9.87. The van der Waals surface area contributed by atoms with Gasteiger partial charge >= 0.3 is 0 Å². The molecule has 1 amide bonds. The first-order chi connectivity index (χ1) is 12.3. The Hall–Kier alpha value is -1.09. The zero-order chi connectivity index (χ0) is 18.9. The normalized spacial score (nSPS) is 23.0. The fourth-order valence-corrected chi connectivity index (χ4v) is 5.82. The van der Waals surface area contributed by atoms with Gasteiger partial charge in [0.25, 0.3) is 5.91 Å². The van der Waals surface area contributed by atoms with E-state index >= 15 is 0 Å². The van der Waals surface area contributed by atoms with Crippen molar-refractivity contribution in [1.29, 1.82) is 0 Å². The minimum Gasteiger partial charge on any atom is -0.345 e. The number of nitrogens with one attached hydrogen (secondary N) is 1. The molecule has 9 heteroatoms. The summed E-state index contributed by atoms with van der Waals surface area (Å²) in [5, 5.41) is 3.06. The van der Waals surface area contributed by atoms with Crippen LogP contribution < -0.4 is 11.1 Å². The number of aromatic nitrogens is 1. The summed E-state index contributed by atoms with van der Waals surface area (Å²) >= 11 is 0. The Labute approximate surface area is 168 Å². The molecule has 7 nitrogen and oxygen atoms in total. The minimum absolute atomic E-state index is 0. The monoisotopic (exact) mass is 418 g/mol. The van der Waals surface area contributed by atoms with Crippen LogP contribution in [-0.2, 0) is 17.1 Å². The van der Waals surface area contributed by atoms with Crippen molar-refractivity contribution in [3.63, 3.8) is 0 Å². The van der Waals surface area contributed by atoms with Gasteiger partial charge in [-0.2, -0.15) is 4.31 Å². The number of carbonyl (C=O) groups is 1. The van der Waals surface area contributed by atoms with Crippen LogP contribution in [-0.4, -0.2) is 48.4 Å². The number of sulfonamides is 1. The van der Waals surface area contributed by atoms with E-state index in [2.05, 4.69) is 12.2 Å². The third-order valence-corrected chi connectivity index (χ3v) is 7.63. The lowest BCUT2D eigenvalue weighted by atomic mass is 9.97. The average Bonchev–Trinajstić information content (AvgIpc) is 3.22. The molecule has 0 radical (unpaired) electrons. The quantitative estimate of drug-likeness (QED) is 0.762. The van der Waals surface area contributed by atoms with Crippen LogP contribution in [0.5, 0.6) is 0 Å². The van der Waals surface area contributed by atoms with Crippen molar-refractivity contribution < 1.29 is 13.2 Å². The molecular weight excluding hydrogens is 388 g/mol. The number of carbonyl (C=O) groups excluding carboxylic acids is 1. The van der Waals surface area contributed by atoms with Gasteiger partial charge in [-0.1, -0.05) is 19.8 Å². The van der Waals surface area contributed by atoms with Gasteiger partial charge in [0, 0.05) is 32.9 Å². The highest BCUT2D eigenvalue weighted by molar-refractivity contribution is 7.89. The summed E-state index contributed by atoms with van der Waals surface area (Å²) in [6.07, 6.45) is 7.31. The molecule has 0 aromatic carbocycles. The highest BCUT2D eigenvalue weighted by Crippen LogP contribution is 2.29. The van der Waals surface area contributed by atoms with E-state index in [1.807, 2.05) is 0 Å². The molecular formula is C18H31ClN4O3S. The first-order valence-corrected chi connectivity index (χ1v) is 10.9. The molecule has 1 aliphatic heterocycles. The molecule has 1 aromatic rings. The van der Waals surface area contributed by atoms with E-state index < -0.39 is 10.0 Å². The third-order valence-electron chi connectivity index (χ3n) is 5.80. The first-order valence-electron chi connectivity index (χ1n) is 9.46. The van der Waals surface area contributed by atoms with Gasteiger partial charge in [-0.25, -0.2) is 8.42 Å². The van der Waals surface area contributed by atoms with Crippen LogP contribution in [0.1, 0.15) is 55.9 Å². The number of hydrogen-bond donors (Lipinski definition) is 2. The van der Waals surface area contributed by atoms with Crippen molar-refractivity contribution in [2.75, 3.05) is 19.6 Å². The third kappa shape index (κ3) is 4.50. The lowest BCUT2D eigenvalue weighted by Gasteiger charge is -2.29. The smallest absolute Gasteiger partial charge is 0.268 e.